The number of anilines is 1. The summed E-state index contributed by atoms with van der Waals surface area (Å²) in [6.45, 7) is 8.07. The lowest BCUT2D eigenvalue weighted by Gasteiger charge is -2.34. The molecule has 2 aromatic carbocycles. The van der Waals surface area contributed by atoms with Crippen LogP contribution in [0.5, 0.6) is 11.5 Å². The Morgan fingerprint density at radius 3 is 2.64 bits per heavy atom. The number of rotatable bonds is 10. The van der Waals surface area contributed by atoms with Crippen molar-refractivity contribution in [2.75, 3.05) is 57.9 Å². The van der Waals surface area contributed by atoms with E-state index in [1.54, 1.807) is 18.4 Å². The maximum Gasteiger partial charge on any atom is 0.251 e. The Morgan fingerprint density at radius 2 is 1.91 bits per heavy atom. The third kappa shape index (κ3) is 5.94. The highest BCUT2D eigenvalue weighted by molar-refractivity contribution is 7.22. The molecule has 1 aliphatic rings. The SMILES string of the molecule is CCCCOc1ccc(C(=O)NCCN2CCN(c3nc4c(OC)cccc4s3)CC2)cc1. The molecule has 1 fully saturated rings. The minimum absolute atomic E-state index is 0.0443. The van der Waals surface area contributed by atoms with Gasteiger partial charge in [-0.3, -0.25) is 9.69 Å². The second-order valence-electron chi connectivity index (χ2n) is 8.11. The lowest BCUT2D eigenvalue weighted by Crippen LogP contribution is -2.48. The summed E-state index contributed by atoms with van der Waals surface area (Å²) in [5, 5.41) is 4.08. The molecule has 1 aliphatic heterocycles. The van der Waals surface area contributed by atoms with Crippen molar-refractivity contribution in [2.45, 2.75) is 19.8 Å². The van der Waals surface area contributed by atoms with Crippen molar-refractivity contribution in [3.05, 3.63) is 48.0 Å². The largest absolute Gasteiger partial charge is 0.494 e. The molecule has 4 rings (SSSR count). The van der Waals surface area contributed by atoms with E-state index in [0.717, 1.165) is 72.4 Å². The van der Waals surface area contributed by atoms with E-state index < -0.39 is 0 Å². The van der Waals surface area contributed by atoms with Gasteiger partial charge in [-0.2, -0.15) is 0 Å². The fraction of sp³-hybridized carbons (Fsp3) is 0.440. The summed E-state index contributed by atoms with van der Waals surface area (Å²) in [7, 11) is 1.68. The van der Waals surface area contributed by atoms with Crippen LogP contribution < -0.4 is 19.7 Å². The summed E-state index contributed by atoms with van der Waals surface area (Å²) in [6, 6.07) is 13.4. The fourth-order valence-electron chi connectivity index (χ4n) is 3.84. The van der Waals surface area contributed by atoms with Gasteiger partial charge in [0, 0.05) is 44.8 Å². The van der Waals surface area contributed by atoms with Crippen LogP contribution in [-0.2, 0) is 0 Å². The van der Waals surface area contributed by atoms with Gasteiger partial charge in [0.25, 0.3) is 5.91 Å². The molecule has 0 saturated carbocycles. The maximum atomic E-state index is 12.4. The molecule has 1 aromatic heterocycles. The van der Waals surface area contributed by atoms with Crippen molar-refractivity contribution in [1.29, 1.82) is 0 Å². The molecule has 1 N–H and O–H groups in total. The van der Waals surface area contributed by atoms with Crippen LogP contribution in [0.25, 0.3) is 10.2 Å². The van der Waals surface area contributed by atoms with Gasteiger partial charge >= 0.3 is 0 Å². The van der Waals surface area contributed by atoms with E-state index in [1.165, 1.54) is 0 Å². The molecule has 0 spiro atoms. The summed E-state index contributed by atoms with van der Waals surface area (Å²) < 4.78 is 12.2. The average Bonchev–Trinajstić information content (AvgIpc) is 3.29. The first-order valence-corrected chi connectivity index (χ1v) is 12.4. The summed E-state index contributed by atoms with van der Waals surface area (Å²) >= 11 is 1.71. The van der Waals surface area contributed by atoms with Gasteiger partial charge < -0.3 is 19.7 Å². The van der Waals surface area contributed by atoms with Crippen molar-refractivity contribution in [2.24, 2.45) is 0 Å². The number of amides is 1. The number of hydrogen-bond acceptors (Lipinski definition) is 7. The number of nitrogens with one attached hydrogen (secondary N) is 1. The van der Waals surface area contributed by atoms with Crippen molar-refractivity contribution in [3.63, 3.8) is 0 Å². The lowest BCUT2D eigenvalue weighted by atomic mass is 10.2. The number of thiazole rings is 1. The molecule has 0 unspecified atom stereocenters. The standard InChI is InChI=1S/C25H32N4O3S/c1-3-4-18-32-20-10-8-19(9-11-20)24(30)26-12-13-28-14-16-29(17-15-28)25-27-23-21(31-2)6-5-7-22(23)33-25/h5-11H,3-4,12-18H2,1-2H3,(H,26,30). The van der Waals surface area contributed by atoms with Gasteiger partial charge in [0.15, 0.2) is 5.13 Å². The van der Waals surface area contributed by atoms with E-state index in [9.17, 15) is 4.79 Å². The van der Waals surface area contributed by atoms with Crippen LogP contribution in [0.1, 0.15) is 30.1 Å². The molecule has 7 nitrogen and oxygen atoms in total. The minimum Gasteiger partial charge on any atom is -0.494 e. The zero-order valence-corrected chi connectivity index (χ0v) is 20.2. The van der Waals surface area contributed by atoms with Gasteiger partial charge in [0.2, 0.25) is 0 Å². The number of fused-ring (bicyclic) bond motifs is 1. The Kier molecular flexibility index (Phi) is 8.01. The van der Waals surface area contributed by atoms with E-state index in [0.29, 0.717) is 18.7 Å². The number of carbonyl (C=O) groups is 1. The van der Waals surface area contributed by atoms with Crippen LogP contribution in [0.4, 0.5) is 5.13 Å². The van der Waals surface area contributed by atoms with Gasteiger partial charge in [-0.05, 0) is 42.8 Å². The maximum absolute atomic E-state index is 12.4. The molecule has 0 bridgehead atoms. The summed E-state index contributed by atoms with van der Waals surface area (Å²) in [4.78, 5) is 22.0. The molecule has 176 valence electrons. The van der Waals surface area contributed by atoms with Crippen molar-refractivity contribution in [1.82, 2.24) is 15.2 Å². The topological polar surface area (TPSA) is 66.9 Å². The highest BCUT2D eigenvalue weighted by Crippen LogP contribution is 2.34. The minimum atomic E-state index is -0.0443. The third-order valence-corrected chi connectivity index (χ3v) is 6.91. The molecule has 3 aromatic rings. The van der Waals surface area contributed by atoms with Crippen LogP contribution in [0.15, 0.2) is 42.5 Å². The lowest BCUT2D eigenvalue weighted by molar-refractivity contribution is 0.0947. The molecule has 1 saturated heterocycles. The Hall–Kier alpha value is -2.84. The number of para-hydroxylation sites is 1. The predicted octanol–water partition coefficient (Wildman–Crippen LogP) is 4.04. The molecule has 1 amide bonds. The van der Waals surface area contributed by atoms with Crippen LogP contribution in [0.3, 0.4) is 0 Å². The van der Waals surface area contributed by atoms with E-state index in [1.807, 2.05) is 36.4 Å². The monoisotopic (exact) mass is 468 g/mol. The third-order valence-electron chi connectivity index (χ3n) is 5.83. The second kappa shape index (κ2) is 11.3. The number of aromatic nitrogens is 1. The van der Waals surface area contributed by atoms with E-state index in [4.69, 9.17) is 14.5 Å². The first-order valence-electron chi connectivity index (χ1n) is 11.6. The van der Waals surface area contributed by atoms with Gasteiger partial charge in [-0.15, -0.1) is 0 Å². The summed E-state index contributed by atoms with van der Waals surface area (Å²) in [5.41, 5.74) is 1.60. The van der Waals surface area contributed by atoms with Gasteiger partial charge in [-0.1, -0.05) is 30.7 Å². The Bertz CT molecular complexity index is 1050. The summed E-state index contributed by atoms with van der Waals surface area (Å²) in [5.74, 6) is 1.59. The second-order valence-corrected chi connectivity index (χ2v) is 9.12. The number of benzene rings is 2. The van der Waals surface area contributed by atoms with Crippen molar-refractivity contribution in [3.8, 4) is 11.5 Å². The smallest absolute Gasteiger partial charge is 0.251 e. The van der Waals surface area contributed by atoms with Gasteiger partial charge in [0.05, 0.1) is 18.4 Å². The molecular weight excluding hydrogens is 436 g/mol. The molecule has 2 heterocycles. The number of methoxy groups -OCH3 is 1. The Morgan fingerprint density at radius 1 is 1.12 bits per heavy atom. The molecule has 0 atom stereocenters. The number of carbonyl (C=O) groups excluding carboxylic acids is 1. The number of unbranched alkanes of at least 4 members (excludes halogenated alkanes) is 1. The van der Waals surface area contributed by atoms with Crippen LogP contribution in [0, 0.1) is 0 Å². The Labute approximate surface area is 199 Å². The van der Waals surface area contributed by atoms with Crippen LogP contribution in [-0.4, -0.2) is 68.8 Å². The van der Waals surface area contributed by atoms with Crippen LogP contribution in [0.2, 0.25) is 0 Å². The Balaban J connectivity index is 1.20. The highest BCUT2D eigenvalue weighted by atomic mass is 32.1. The van der Waals surface area contributed by atoms with Crippen molar-refractivity contribution < 1.29 is 14.3 Å². The van der Waals surface area contributed by atoms with E-state index in [2.05, 4.69) is 28.1 Å². The quantitative estimate of drug-likeness (QED) is 0.453. The van der Waals surface area contributed by atoms with Crippen molar-refractivity contribution >= 4 is 32.6 Å². The molecule has 8 heteroatoms. The molecule has 33 heavy (non-hydrogen) atoms. The first-order chi connectivity index (χ1) is 16.2. The fourth-order valence-corrected chi connectivity index (χ4v) is 4.88. The molecular formula is C25H32N4O3S. The molecule has 0 aliphatic carbocycles. The summed E-state index contributed by atoms with van der Waals surface area (Å²) in [6.07, 6.45) is 2.14. The zero-order chi connectivity index (χ0) is 23.0. The molecule has 0 radical (unpaired) electrons. The number of hydrogen-bond donors (Lipinski definition) is 1. The average molecular weight is 469 g/mol. The number of ether oxygens (including phenoxy) is 2. The van der Waals surface area contributed by atoms with Gasteiger partial charge in [0.1, 0.15) is 17.0 Å². The van der Waals surface area contributed by atoms with E-state index >= 15 is 0 Å². The number of piperazine rings is 1. The first kappa shape index (κ1) is 23.3. The normalized spacial score (nSPS) is 14.4. The van der Waals surface area contributed by atoms with Crippen LogP contribution >= 0.6 is 11.3 Å². The highest BCUT2D eigenvalue weighted by Gasteiger charge is 2.20. The van der Waals surface area contributed by atoms with Gasteiger partial charge in [-0.25, -0.2) is 4.98 Å². The predicted molar refractivity (Wildman–Crippen MR) is 134 cm³/mol. The van der Waals surface area contributed by atoms with E-state index in [-0.39, 0.29) is 5.91 Å². The number of nitrogens with zero attached hydrogens (tertiary/aromatic N) is 3. The zero-order valence-electron chi connectivity index (χ0n) is 19.4.